The highest BCUT2D eigenvalue weighted by Crippen LogP contribution is 2.27. The van der Waals surface area contributed by atoms with E-state index in [9.17, 15) is 14.0 Å². The Hall–Kier alpha value is -3.32. The second-order valence-electron chi connectivity index (χ2n) is 6.57. The van der Waals surface area contributed by atoms with Crippen LogP contribution in [0.25, 0.3) is 0 Å². The zero-order valence-corrected chi connectivity index (χ0v) is 17.1. The molecule has 156 valence electrons. The normalized spacial score (nSPS) is 10.5. The lowest BCUT2D eigenvalue weighted by atomic mass is 10.1. The lowest BCUT2D eigenvalue weighted by molar-refractivity contribution is -0.119. The van der Waals surface area contributed by atoms with Gasteiger partial charge in [0.1, 0.15) is 23.9 Å². The third-order valence-corrected chi connectivity index (χ3v) is 4.39. The summed E-state index contributed by atoms with van der Waals surface area (Å²) in [5.74, 6) is -0.913. The molecule has 0 saturated heterocycles. The number of esters is 1. The number of nitrogens with one attached hydrogen (secondary N) is 1. The van der Waals surface area contributed by atoms with Crippen molar-refractivity contribution in [1.82, 2.24) is 0 Å². The van der Waals surface area contributed by atoms with Crippen molar-refractivity contribution in [2.45, 2.75) is 20.5 Å². The van der Waals surface area contributed by atoms with Crippen molar-refractivity contribution in [3.63, 3.8) is 0 Å². The molecule has 0 aliphatic carbocycles. The fourth-order valence-electron chi connectivity index (χ4n) is 2.70. The zero-order valence-electron chi connectivity index (χ0n) is 16.3. The van der Waals surface area contributed by atoms with E-state index in [0.717, 1.165) is 11.1 Å². The van der Waals surface area contributed by atoms with Gasteiger partial charge < -0.3 is 19.2 Å². The van der Waals surface area contributed by atoms with Gasteiger partial charge in [0.05, 0.1) is 10.7 Å². The number of rotatable bonds is 7. The molecule has 3 rings (SSSR count). The molecule has 0 bridgehead atoms. The van der Waals surface area contributed by atoms with E-state index in [1.54, 1.807) is 12.1 Å². The molecule has 0 spiro atoms. The van der Waals surface area contributed by atoms with Crippen LogP contribution in [0.2, 0.25) is 5.02 Å². The number of halogens is 2. The van der Waals surface area contributed by atoms with Gasteiger partial charge in [-0.15, -0.1) is 0 Å². The van der Waals surface area contributed by atoms with Crippen LogP contribution in [0, 0.1) is 19.7 Å². The molecule has 0 radical (unpaired) electrons. The van der Waals surface area contributed by atoms with E-state index in [2.05, 4.69) is 5.32 Å². The van der Waals surface area contributed by atoms with Crippen molar-refractivity contribution in [2.75, 3.05) is 11.9 Å². The Morgan fingerprint density at radius 1 is 1.10 bits per heavy atom. The van der Waals surface area contributed by atoms with Gasteiger partial charge in [0, 0.05) is 0 Å². The van der Waals surface area contributed by atoms with Gasteiger partial charge in [-0.2, -0.15) is 0 Å². The number of aryl methyl sites for hydroxylation is 2. The van der Waals surface area contributed by atoms with Gasteiger partial charge in [0.15, 0.2) is 6.61 Å². The van der Waals surface area contributed by atoms with Crippen molar-refractivity contribution in [1.29, 1.82) is 0 Å². The maximum atomic E-state index is 12.9. The summed E-state index contributed by atoms with van der Waals surface area (Å²) in [6.07, 6.45) is 0. The standard InChI is InChI=1S/C22H19ClFNO5/c1-13-9-14(2)21(18(23)10-13)25-20(26)12-29-22(27)19-8-7-17(30-19)11-28-16-5-3-15(24)4-6-16/h3-10H,11-12H2,1-2H3,(H,25,26). The van der Waals surface area contributed by atoms with Crippen LogP contribution in [-0.4, -0.2) is 18.5 Å². The maximum absolute atomic E-state index is 12.9. The SMILES string of the molecule is Cc1cc(C)c(NC(=O)COC(=O)c2ccc(COc3ccc(F)cc3)o2)c(Cl)c1. The Morgan fingerprint density at radius 2 is 1.83 bits per heavy atom. The molecular weight excluding hydrogens is 413 g/mol. The monoisotopic (exact) mass is 431 g/mol. The summed E-state index contributed by atoms with van der Waals surface area (Å²) in [6, 6.07) is 12.1. The number of carbonyl (C=O) groups is 2. The van der Waals surface area contributed by atoms with Crippen LogP contribution in [0.4, 0.5) is 10.1 Å². The van der Waals surface area contributed by atoms with Crippen LogP contribution < -0.4 is 10.1 Å². The fourth-order valence-corrected chi connectivity index (χ4v) is 3.07. The van der Waals surface area contributed by atoms with E-state index < -0.39 is 18.5 Å². The van der Waals surface area contributed by atoms with Gasteiger partial charge in [0.2, 0.25) is 5.76 Å². The Morgan fingerprint density at radius 3 is 2.53 bits per heavy atom. The summed E-state index contributed by atoms with van der Waals surface area (Å²) in [7, 11) is 0. The molecule has 6 nitrogen and oxygen atoms in total. The Kier molecular flexibility index (Phi) is 6.74. The molecule has 1 amide bonds. The van der Waals surface area contributed by atoms with Gasteiger partial charge in [0.25, 0.3) is 5.91 Å². The molecule has 3 aromatic rings. The number of carbonyl (C=O) groups excluding carboxylic acids is 2. The molecule has 0 aliphatic rings. The number of furan rings is 1. The number of anilines is 1. The van der Waals surface area contributed by atoms with E-state index in [4.69, 9.17) is 25.5 Å². The third kappa shape index (κ3) is 5.61. The van der Waals surface area contributed by atoms with Crippen LogP contribution in [0.3, 0.4) is 0 Å². The largest absolute Gasteiger partial charge is 0.486 e. The molecule has 8 heteroatoms. The molecule has 0 atom stereocenters. The van der Waals surface area contributed by atoms with Gasteiger partial charge >= 0.3 is 5.97 Å². The first-order valence-corrected chi connectivity index (χ1v) is 9.40. The Bertz CT molecular complexity index is 1040. The highest BCUT2D eigenvalue weighted by Gasteiger charge is 2.16. The summed E-state index contributed by atoms with van der Waals surface area (Å²) in [4.78, 5) is 24.2. The maximum Gasteiger partial charge on any atom is 0.374 e. The van der Waals surface area contributed by atoms with Crippen molar-refractivity contribution >= 4 is 29.2 Å². The smallest absolute Gasteiger partial charge is 0.374 e. The van der Waals surface area contributed by atoms with Crippen molar-refractivity contribution in [2.24, 2.45) is 0 Å². The van der Waals surface area contributed by atoms with Gasteiger partial charge in [-0.25, -0.2) is 9.18 Å². The van der Waals surface area contributed by atoms with E-state index >= 15 is 0 Å². The lowest BCUT2D eigenvalue weighted by Gasteiger charge is -2.11. The highest BCUT2D eigenvalue weighted by atomic mass is 35.5. The highest BCUT2D eigenvalue weighted by molar-refractivity contribution is 6.34. The molecular formula is C22H19ClFNO5. The minimum atomic E-state index is -0.787. The van der Waals surface area contributed by atoms with E-state index in [-0.39, 0.29) is 18.2 Å². The number of amides is 1. The fraction of sp³-hybridized carbons (Fsp3) is 0.182. The lowest BCUT2D eigenvalue weighted by Crippen LogP contribution is -2.21. The average molecular weight is 432 g/mol. The molecule has 2 aromatic carbocycles. The molecule has 0 fully saturated rings. The van der Waals surface area contributed by atoms with Gasteiger partial charge in [-0.1, -0.05) is 17.7 Å². The molecule has 0 unspecified atom stereocenters. The summed E-state index contributed by atoms with van der Waals surface area (Å²) in [5, 5.41) is 3.04. The average Bonchev–Trinajstić information content (AvgIpc) is 3.17. The predicted molar refractivity (Wildman–Crippen MR) is 109 cm³/mol. The topological polar surface area (TPSA) is 77.8 Å². The summed E-state index contributed by atoms with van der Waals surface area (Å²) in [6.45, 7) is 3.27. The van der Waals surface area contributed by atoms with E-state index in [1.165, 1.54) is 30.3 Å². The molecule has 0 saturated carbocycles. The van der Waals surface area contributed by atoms with Crippen molar-refractivity contribution in [3.05, 3.63) is 82.0 Å². The summed E-state index contributed by atoms with van der Waals surface area (Å²) in [5.41, 5.74) is 2.25. The molecule has 0 aliphatic heterocycles. The second kappa shape index (κ2) is 9.45. The van der Waals surface area contributed by atoms with Crippen LogP contribution in [0.1, 0.15) is 27.4 Å². The summed E-state index contributed by atoms with van der Waals surface area (Å²) >= 11 is 6.15. The van der Waals surface area contributed by atoms with Gasteiger partial charge in [-0.05, 0) is 67.4 Å². The molecule has 30 heavy (non-hydrogen) atoms. The summed E-state index contributed by atoms with van der Waals surface area (Å²) < 4.78 is 28.7. The first-order chi connectivity index (χ1) is 14.3. The Balaban J connectivity index is 1.50. The number of hydrogen-bond donors (Lipinski definition) is 1. The number of ether oxygens (including phenoxy) is 2. The first-order valence-electron chi connectivity index (χ1n) is 9.02. The van der Waals surface area contributed by atoms with Crippen LogP contribution in [0.5, 0.6) is 5.75 Å². The zero-order chi connectivity index (χ0) is 21.7. The van der Waals surface area contributed by atoms with Crippen LogP contribution >= 0.6 is 11.6 Å². The third-order valence-electron chi connectivity index (χ3n) is 4.09. The van der Waals surface area contributed by atoms with E-state index in [0.29, 0.717) is 22.2 Å². The van der Waals surface area contributed by atoms with E-state index in [1.807, 2.05) is 19.9 Å². The molecule has 1 heterocycles. The quantitative estimate of drug-likeness (QED) is 0.529. The van der Waals surface area contributed by atoms with Crippen LogP contribution in [0.15, 0.2) is 52.9 Å². The van der Waals surface area contributed by atoms with Crippen molar-refractivity contribution in [3.8, 4) is 5.75 Å². The number of benzene rings is 2. The van der Waals surface area contributed by atoms with Crippen molar-refractivity contribution < 1.29 is 27.9 Å². The minimum Gasteiger partial charge on any atom is -0.486 e. The Labute approximate surface area is 177 Å². The minimum absolute atomic E-state index is 0.0462. The predicted octanol–water partition coefficient (Wildman–Crippen LogP) is 5.06. The van der Waals surface area contributed by atoms with Gasteiger partial charge in [-0.3, -0.25) is 4.79 Å². The number of hydrogen-bond acceptors (Lipinski definition) is 5. The second-order valence-corrected chi connectivity index (χ2v) is 6.98. The van der Waals surface area contributed by atoms with Crippen LogP contribution in [-0.2, 0) is 16.1 Å². The molecule has 1 N–H and O–H groups in total. The molecule has 1 aromatic heterocycles. The first kappa shape index (κ1) is 21.4.